The van der Waals surface area contributed by atoms with Crippen molar-refractivity contribution in [1.82, 2.24) is 0 Å². The fourth-order valence-electron chi connectivity index (χ4n) is 1.60. The molecule has 4 N–H and O–H groups in total. The van der Waals surface area contributed by atoms with E-state index in [-0.39, 0.29) is 5.82 Å². The Labute approximate surface area is 114 Å². The third kappa shape index (κ3) is 3.48. The summed E-state index contributed by atoms with van der Waals surface area (Å²) in [6.45, 7) is 0. The summed E-state index contributed by atoms with van der Waals surface area (Å²) in [6, 6.07) is 11.3. The van der Waals surface area contributed by atoms with E-state index in [1.807, 2.05) is 6.07 Å². The first-order valence-corrected chi connectivity index (χ1v) is 6.61. The molecule has 3 nitrogen and oxygen atoms in total. The second kappa shape index (κ2) is 5.75. The van der Waals surface area contributed by atoms with Crippen molar-refractivity contribution in [3.8, 4) is 0 Å². The van der Waals surface area contributed by atoms with Crippen molar-refractivity contribution in [3.63, 3.8) is 0 Å². The van der Waals surface area contributed by atoms with E-state index in [1.54, 1.807) is 24.3 Å². The van der Waals surface area contributed by atoms with Gasteiger partial charge in [0, 0.05) is 21.9 Å². The molecule has 0 unspecified atom stereocenters. The van der Waals surface area contributed by atoms with Gasteiger partial charge in [0.1, 0.15) is 5.82 Å². The molecule has 19 heavy (non-hydrogen) atoms. The molecular formula is C14H13FN2OS. The zero-order valence-corrected chi connectivity index (χ0v) is 10.9. The van der Waals surface area contributed by atoms with Crippen molar-refractivity contribution in [1.29, 1.82) is 0 Å². The lowest BCUT2D eigenvalue weighted by molar-refractivity contribution is 0.100. The van der Waals surface area contributed by atoms with Gasteiger partial charge in [0.15, 0.2) is 0 Å². The summed E-state index contributed by atoms with van der Waals surface area (Å²) in [5.41, 5.74) is 12.8. The Kier molecular flexibility index (Phi) is 4.06. The topological polar surface area (TPSA) is 69.1 Å². The standard InChI is InChI=1S/C14H13FN2OS/c15-11-2-1-3-12(7-11)19-8-10-5-4-9(14(17)18)6-13(10)16/h1-7H,8,16H2,(H2,17,18). The predicted octanol–water partition coefficient (Wildman–Crippen LogP) is 2.80. The second-order valence-electron chi connectivity index (χ2n) is 4.02. The van der Waals surface area contributed by atoms with Gasteiger partial charge in [-0.1, -0.05) is 12.1 Å². The van der Waals surface area contributed by atoms with E-state index in [4.69, 9.17) is 11.5 Å². The molecule has 0 heterocycles. The normalized spacial score (nSPS) is 10.4. The smallest absolute Gasteiger partial charge is 0.248 e. The van der Waals surface area contributed by atoms with Gasteiger partial charge in [-0.2, -0.15) is 0 Å². The number of rotatable bonds is 4. The Bertz CT molecular complexity index is 616. The van der Waals surface area contributed by atoms with E-state index in [2.05, 4.69) is 0 Å². The maximum atomic E-state index is 13.0. The van der Waals surface area contributed by atoms with E-state index < -0.39 is 5.91 Å². The first-order valence-electron chi connectivity index (χ1n) is 5.63. The van der Waals surface area contributed by atoms with Crippen LogP contribution in [0.5, 0.6) is 0 Å². The number of carbonyl (C=O) groups excluding carboxylic acids is 1. The van der Waals surface area contributed by atoms with Crippen LogP contribution in [0.1, 0.15) is 15.9 Å². The summed E-state index contributed by atoms with van der Waals surface area (Å²) in [6.07, 6.45) is 0. The van der Waals surface area contributed by atoms with Gasteiger partial charge >= 0.3 is 0 Å². The quantitative estimate of drug-likeness (QED) is 0.666. The molecule has 0 aliphatic carbocycles. The van der Waals surface area contributed by atoms with E-state index in [1.165, 1.54) is 23.9 Å². The third-order valence-corrected chi connectivity index (χ3v) is 3.66. The molecule has 0 fully saturated rings. The van der Waals surface area contributed by atoms with E-state index in [9.17, 15) is 9.18 Å². The van der Waals surface area contributed by atoms with Gasteiger partial charge in [-0.15, -0.1) is 11.8 Å². The molecule has 0 aliphatic heterocycles. The Morgan fingerprint density at radius 3 is 2.63 bits per heavy atom. The Hall–Kier alpha value is -2.01. The van der Waals surface area contributed by atoms with Gasteiger partial charge in [-0.25, -0.2) is 4.39 Å². The Morgan fingerprint density at radius 1 is 1.21 bits per heavy atom. The van der Waals surface area contributed by atoms with Crippen molar-refractivity contribution in [2.24, 2.45) is 5.73 Å². The van der Waals surface area contributed by atoms with Crippen LogP contribution in [0.2, 0.25) is 0 Å². The number of carbonyl (C=O) groups is 1. The Balaban J connectivity index is 2.10. The molecule has 0 spiro atoms. The number of hydrogen-bond acceptors (Lipinski definition) is 3. The lowest BCUT2D eigenvalue weighted by atomic mass is 10.1. The van der Waals surface area contributed by atoms with Crippen molar-refractivity contribution in [2.45, 2.75) is 10.6 Å². The van der Waals surface area contributed by atoms with E-state index in [0.717, 1.165) is 10.5 Å². The van der Waals surface area contributed by atoms with Crippen molar-refractivity contribution in [3.05, 3.63) is 59.4 Å². The number of primary amides is 1. The lowest BCUT2D eigenvalue weighted by Gasteiger charge is -2.07. The molecule has 1 amide bonds. The summed E-state index contributed by atoms with van der Waals surface area (Å²) in [7, 11) is 0. The SMILES string of the molecule is NC(=O)c1ccc(CSc2cccc(F)c2)c(N)c1. The molecule has 5 heteroatoms. The second-order valence-corrected chi connectivity index (χ2v) is 5.07. The molecule has 2 aromatic rings. The summed E-state index contributed by atoms with van der Waals surface area (Å²) >= 11 is 1.48. The van der Waals surface area contributed by atoms with Gasteiger partial charge in [0.05, 0.1) is 0 Å². The summed E-state index contributed by atoms with van der Waals surface area (Å²) in [5.74, 6) is -0.160. The van der Waals surface area contributed by atoms with Crippen molar-refractivity contribution >= 4 is 23.4 Å². The molecule has 0 radical (unpaired) electrons. The molecule has 0 saturated carbocycles. The fraction of sp³-hybridized carbons (Fsp3) is 0.0714. The van der Waals surface area contributed by atoms with E-state index >= 15 is 0 Å². The van der Waals surface area contributed by atoms with Crippen LogP contribution in [-0.2, 0) is 5.75 Å². The molecular weight excluding hydrogens is 263 g/mol. The summed E-state index contributed by atoms with van der Waals surface area (Å²) in [4.78, 5) is 11.8. The maximum Gasteiger partial charge on any atom is 0.248 e. The number of halogens is 1. The van der Waals surface area contributed by atoms with Crippen LogP contribution < -0.4 is 11.5 Å². The van der Waals surface area contributed by atoms with Crippen LogP contribution in [0.25, 0.3) is 0 Å². The number of amides is 1. The summed E-state index contributed by atoms with van der Waals surface area (Å²) in [5, 5.41) is 0. The molecule has 98 valence electrons. The molecule has 0 aromatic heterocycles. The number of nitrogens with two attached hydrogens (primary N) is 2. The monoisotopic (exact) mass is 276 g/mol. The minimum atomic E-state index is -0.504. The fourth-order valence-corrected chi connectivity index (χ4v) is 2.55. The van der Waals surface area contributed by atoms with Crippen molar-refractivity contribution < 1.29 is 9.18 Å². The lowest BCUT2D eigenvalue weighted by Crippen LogP contribution is -2.11. The van der Waals surface area contributed by atoms with Crippen LogP contribution in [0.15, 0.2) is 47.4 Å². The van der Waals surface area contributed by atoms with Crippen LogP contribution in [0.3, 0.4) is 0 Å². The zero-order chi connectivity index (χ0) is 13.8. The van der Waals surface area contributed by atoms with Crippen molar-refractivity contribution in [2.75, 3.05) is 5.73 Å². The van der Waals surface area contributed by atoms with Gasteiger partial charge in [0.25, 0.3) is 0 Å². The predicted molar refractivity (Wildman–Crippen MR) is 75.3 cm³/mol. The third-order valence-electron chi connectivity index (χ3n) is 2.62. The number of anilines is 1. The van der Waals surface area contributed by atoms with Gasteiger partial charge in [-0.05, 0) is 35.9 Å². The van der Waals surface area contributed by atoms with Crippen LogP contribution in [0, 0.1) is 5.82 Å². The van der Waals surface area contributed by atoms with Crippen LogP contribution in [-0.4, -0.2) is 5.91 Å². The average molecular weight is 276 g/mol. The maximum absolute atomic E-state index is 13.0. The highest BCUT2D eigenvalue weighted by atomic mass is 32.2. The highest BCUT2D eigenvalue weighted by molar-refractivity contribution is 7.98. The average Bonchev–Trinajstić information content (AvgIpc) is 2.37. The highest BCUT2D eigenvalue weighted by Crippen LogP contribution is 2.26. The summed E-state index contributed by atoms with van der Waals surface area (Å²) < 4.78 is 13.0. The molecule has 0 saturated heterocycles. The van der Waals surface area contributed by atoms with Gasteiger partial charge in [-0.3, -0.25) is 4.79 Å². The number of hydrogen-bond donors (Lipinski definition) is 2. The van der Waals surface area contributed by atoms with Crippen LogP contribution >= 0.6 is 11.8 Å². The minimum absolute atomic E-state index is 0.262. The molecule has 2 aromatic carbocycles. The molecule has 0 atom stereocenters. The van der Waals surface area contributed by atoms with E-state index in [0.29, 0.717) is 17.0 Å². The Morgan fingerprint density at radius 2 is 2.00 bits per heavy atom. The molecule has 0 bridgehead atoms. The van der Waals surface area contributed by atoms with Gasteiger partial charge < -0.3 is 11.5 Å². The van der Waals surface area contributed by atoms with Gasteiger partial charge in [0.2, 0.25) is 5.91 Å². The van der Waals surface area contributed by atoms with Crippen LogP contribution in [0.4, 0.5) is 10.1 Å². The number of nitrogen functional groups attached to an aromatic ring is 1. The first-order chi connectivity index (χ1) is 9.06. The highest BCUT2D eigenvalue weighted by Gasteiger charge is 2.05. The largest absolute Gasteiger partial charge is 0.398 e. The number of benzene rings is 2. The zero-order valence-electron chi connectivity index (χ0n) is 10.1. The molecule has 2 rings (SSSR count). The first kappa shape index (κ1) is 13.4. The molecule has 0 aliphatic rings. The minimum Gasteiger partial charge on any atom is -0.398 e. The number of thioether (sulfide) groups is 1.